The predicted molar refractivity (Wildman–Crippen MR) is 91.4 cm³/mol. The zero-order chi connectivity index (χ0) is 16.0. The summed E-state index contributed by atoms with van der Waals surface area (Å²) in [6.45, 7) is 1.67. The summed E-state index contributed by atoms with van der Waals surface area (Å²) in [5.74, 6) is 0. The number of aliphatic hydroxyl groups excluding tert-OH is 4. The van der Waals surface area contributed by atoms with Crippen molar-refractivity contribution in [2.45, 2.75) is 0 Å². The van der Waals surface area contributed by atoms with Crippen LogP contribution in [0.3, 0.4) is 0 Å². The van der Waals surface area contributed by atoms with Gasteiger partial charge < -0.3 is 79.9 Å². The molecule has 0 aliphatic carbocycles. The Balaban J connectivity index is -0.000000295. The van der Waals surface area contributed by atoms with Crippen molar-refractivity contribution < 1.29 is 37.5 Å². The normalized spacial score (nSPS) is 8.95. The standard InChI is InChI=1S/2C5H11NO2S2.Cu/c2*7-3-1-6(2-4-8)5(9)10;/h2*7-8H,1-4H2,(H,9,10);/p-2. The van der Waals surface area contributed by atoms with E-state index in [1.165, 1.54) is 0 Å². The Morgan fingerprint density at radius 3 is 0.952 bits per heavy atom. The molecule has 0 aliphatic heterocycles. The molecule has 0 atom stereocenters. The van der Waals surface area contributed by atoms with Crippen molar-refractivity contribution in [2.24, 2.45) is 0 Å². The molecule has 0 rings (SSSR count). The monoisotopic (exact) mass is 423 g/mol. The molecule has 1 radical (unpaired) electrons. The summed E-state index contributed by atoms with van der Waals surface area (Å²) in [6, 6.07) is 0. The van der Waals surface area contributed by atoms with Gasteiger partial charge in [-0.2, -0.15) is 0 Å². The molecule has 0 amide bonds. The Kier molecular flexibility index (Phi) is 23.5. The smallest absolute Gasteiger partial charge is 0.0606 e. The summed E-state index contributed by atoms with van der Waals surface area (Å²) in [6.07, 6.45) is 0. The maximum atomic E-state index is 8.48. The van der Waals surface area contributed by atoms with Crippen molar-refractivity contribution in [1.82, 2.24) is 9.80 Å². The van der Waals surface area contributed by atoms with Crippen LogP contribution in [0.25, 0.3) is 0 Å². The van der Waals surface area contributed by atoms with Gasteiger partial charge in [0.25, 0.3) is 0 Å². The Morgan fingerprint density at radius 1 is 0.667 bits per heavy atom. The maximum absolute atomic E-state index is 8.48. The summed E-state index contributed by atoms with van der Waals surface area (Å²) >= 11 is 18.7. The summed E-state index contributed by atoms with van der Waals surface area (Å²) < 4.78 is 0.589. The third-order valence-electron chi connectivity index (χ3n) is 2.00. The van der Waals surface area contributed by atoms with Gasteiger partial charge in [-0.15, -0.1) is 0 Å². The Morgan fingerprint density at radius 2 is 0.857 bits per heavy atom. The molecular formula is C10H20CuN2O4S4-2. The van der Waals surface area contributed by atoms with E-state index in [1.807, 2.05) is 0 Å². The first kappa shape index (κ1) is 26.5. The van der Waals surface area contributed by atoms with Gasteiger partial charge in [-0.3, -0.25) is 0 Å². The quantitative estimate of drug-likeness (QED) is 0.204. The van der Waals surface area contributed by atoms with E-state index >= 15 is 0 Å². The minimum Gasteiger partial charge on any atom is -0.411 e. The molecule has 0 saturated carbocycles. The van der Waals surface area contributed by atoms with Gasteiger partial charge >= 0.3 is 0 Å². The van der Waals surface area contributed by atoms with E-state index in [0.29, 0.717) is 34.8 Å². The van der Waals surface area contributed by atoms with Gasteiger partial charge in [-0.25, -0.2) is 0 Å². The Labute approximate surface area is 157 Å². The fraction of sp³-hybridized carbons (Fsp3) is 0.800. The predicted octanol–water partition coefficient (Wildman–Crippen LogP) is -1.79. The van der Waals surface area contributed by atoms with E-state index in [9.17, 15) is 0 Å². The zero-order valence-electron chi connectivity index (χ0n) is 11.3. The van der Waals surface area contributed by atoms with Crippen molar-refractivity contribution in [3.8, 4) is 0 Å². The molecule has 4 N–H and O–H groups in total. The second-order valence-electron chi connectivity index (χ2n) is 3.40. The number of thiocarbonyl (C=S) groups is 2. The summed E-state index contributed by atoms with van der Waals surface area (Å²) in [7, 11) is 0. The van der Waals surface area contributed by atoms with Gasteiger partial charge in [-0.1, -0.05) is 8.64 Å². The molecule has 131 valence electrons. The third-order valence-corrected chi connectivity index (χ3v) is 3.03. The molecule has 0 aromatic rings. The molecule has 0 unspecified atom stereocenters. The van der Waals surface area contributed by atoms with Crippen LogP contribution in [-0.2, 0) is 42.3 Å². The van der Waals surface area contributed by atoms with E-state index in [0.717, 1.165) is 0 Å². The number of hydrogen-bond acceptors (Lipinski definition) is 8. The van der Waals surface area contributed by atoms with Crippen molar-refractivity contribution in [3.63, 3.8) is 0 Å². The van der Waals surface area contributed by atoms with Crippen molar-refractivity contribution in [2.75, 3.05) is 52.6 Å². The van der Waals surface area contributed by atoms with Crippen LogP contribution in [0, 0.1) is 0 Å². The summed E-state index contributed by atoms with van der Waals surface area (Å²) in [5.41, 5.74) is 0. The van der Waals surface area contributed by atoms with Crippen LogP contribution in [0.2, 0.25) is 0 Å². The molecule has 6 nitrogen and oxygen atoms in total. The van der Waals surface area contributed by atoms with Crippen molar-refractivity contribution >= 4 is 58.3 Å². The maximum Gasteiger partial charge on any atom is 0.0606 e. The molecule has 0 spiro atoms. The molecule has 0 saturated heterocycles. The van der Waals surface area contributed by atoms with Crippen LogP contribution in [0.1, 0.15) is 0 Å². The number of nitrogens with zero attached hydrogens (tertiary/aromatic N) is 2. The zero-order valence-corrected chi connectivity index (χ0v) is 15.5. The largest absolute Gasteiger partial charge is 0.411 e. The molecule has 0 aliphatic rings. The number of hydrogen-bond donors (Lipinski definition) is 4. The second kappa shape index (κ2) is 18.6. The summed E-state index contributed by atoms with van der Waals surface area (Å²) in [4.78, 5) is 3.15. The minimum absolute atomic E-state index is 0. The van der Waals surface area contributed by atoms with Crippen LogP contribution >= 0.6 is 24.4 Å². The van der Waals surface area contributed by atoms with Crippen molar-refractivity contribution in [1.29, 1.82) is 0 Å². The van der Waals surface area contributed by atoms with Gasteiger partial charge in [0.05, 0.1) is 26.4 Å². The molecule has 21 heavy (non-hydrogen) atoms. The average molecular weight is 424 g/mol. The van der Waals surface area contributed by atoms with E-state index < -0.39 is 0 Å². The SMILES string of the molecule is OCCN(CCO)C(=S)[S-].OCCN(CCO)C(=S)[S-].[Cu]. The van der Waals surface area contributed by atoms with Gasteiger partial charge in [0.15, 0.2) is 0 Å². The molecule has 0 aromatic heterocycles. The average Bonchev–Trinajstić information content (AvgIpc) is 2.38. The van der Waals surface area contributed by atoms with Crippen LogP contribution < -0.4 is 0 Å². The molecular weight excluding hydrogens is 404 g/mol. The molecule has 0 aromatic carbocycles. The molecule has 0 heterocycles. The number of aliphatic hydroxyl groups is 4. The third kappa shape index (κ3) is 16.8. The number of rotatable bonds is 8. The van der Waals surface area contributed by atoms with Gasteiger partial charge in [-0.05, 0) is 0 Å². The first-order chi connectivity index (χ1) is 9.44. The molecule has 0 fully saturated rings. The summed E-state index contributed by atoms with van der Waals surface area (Å²) in [5, 5.41) is 33.9. The first-order valence-corrected chi connectivity index (χ1v) is 7.43. The van der Waals surface area contributed by atoms with Crippen LogP contribution in [0.4, 0.5) is 0 Å². The Bertz CT molecular complexity index is 239. The van der Waals surface area contributed by atoms with E-state index in [4.69, 9.17) is 20.4 Å². The van der Waals surface area contributed by atoms with E-state index in [2.05, 4.69) is 49.7 Å². The second-order valence-corrected chi connectivity index (χ2v) is 5.46. The Hall–Kier alpha value is 0.579. The molecule has 11 heteroatoms. The topological polar surface area (TPSA) is 87.4 Å². The minimum atomic E-state index is 0. The van der Waals surface area contributed by atoms with Gasteiger partial charge in [0, 0.05) is 43.2 Å². The fourth-order valence-electron chi connectivity index (χ4n) is 1.07. The van der Waals surface area contributed by atoms with Crippen molar-refractivity contribution in [3.05, 3.63) is 0 Å². The van der Waals surface area contributed by atoms with Crippen LogP contribution in [-0.4, -0.2) is 91.5 Å². The van der Waals surface area contributed by atoms with E-state index in [-0.39, 0.29) is 43.5 Å². The van der Waals surface area contributed by atoms with Gasteiger partial charge in [0.1, 0.15) is 0 Å². The fourth-order valence-corrected chi connectivity index (χ4v) is 1.80. The molecule has 0 bridgehead atoms. The van der Waals surface area contributed by atoms with Crippen LogP contribution in [0.5, 0.6) is 0 Å². The first-order valence-electron chi connectivity index (χ1n) is 5.79. The van der Waals surface area contributed by atoms with Gasteiger partial charge in [0.2, 0.25) is 0 Å². The van der Waals surface area contributed by atoms with E-state index in [1.54, 1.807) is 9.80 Å². The van der Waals surface area contributed by atoms with Crippen LogP contribution in [0.15, 0.2) is 0 Å².